The first-order chi connectivity index (χ1) is 26.2. The lowest BCUT2D eigenvalue weighted by atomic mass is 9.88. The maximum atomic E-state index is 9.70. The number of nitriles is 1. The number of aromatic nitrogens is 2. The van der Waals surface area contributed by atoms with E-state index in [0.717, 1.165) is 78.2 Å². The molecule has 0 fully saturated rings. The maximum Gasteiger partial charge on any atom is 0.135 e. The Morgan fingerprint density at radius 2 is 0.981 bits per heavy atom. The monoisotopic (exact) mass is 673 g/mol. The van der Waals surface area contributed by atoms with Crippen LogP contribution in [0, 0.1) is 11.3 Å². The first-order valence-electron chi connectivity index (χ1n) is 17.7. The molecule has 4 heteroatoms. The van der Waals surface area contributed by atoms with Crippen molar-refractivity contribution >= 4 is 43.1 Å². The van der Waals surface area contributed by atoms with Crippen molar-refractivity contribution in [2.45, 2.75) is 0 Å². The fourth-order valence-electron chi connectivity index (χ4n) is 8.24. The second kappa shape index (κ2) is 11.3. The SMILES string of the molecule is N#Cc1ccc2c3c(cccc13)Oc1cc(-c3cc4ccc5cc(-c6cc(-c7ccccn7)cc(-c7ccccn7)c6)cc6ccc(c3)c4c56)ccc1-2. The number of pyridine rings is 2. The van der Waals surface area contributed by atoms with Crippen molar-refractivity contribution in [1.82, 2.24) is 9.97 Å². The molecule has 244 valence electrons. The van der Waals surface area contributed by atoms with E-state index in [0.29, 0.717) is 5.56 Å². The van der Waals surface area contributed by atoms with Gasteiger partial charge in [0.25, 0.3) is 0 Å². The van der Waals surface area contributed by atoms with Gasteiger partial charge in [0, 0.05) is 39.9 Å². The summed E-state index contributed by atoms with van der Waals surface area (Å²) in [7, 11) is 0. The largest absolute Gasteiger partial charge is 0.456 e. The Morgan fingerprint density at radius 1 is 0.415 bits per heavy atom. The summed E-state index contributed by atoms with van der Waals surface area (Å²) in [5, 5.41) is 19.0. The minimum Gasteiger partial charge on any atom is -0.456 e. The molecule has 0 aliphatic carbocycles. The Kier molecular flexibility index (Phi) is 6.28. The van der Waals surface area contributed by atoms with E-state index in [1.165, 1.54) is 32.3 Å². The predicted molar refractivity (Wildman–Crippen MR) is 215 cm³/mol. The number of hydrogen-bond acceptors (Lipinski definition) is 4. The second-order valence-corrected chi connectivity index (χ2v) is 13.7. The quantitative estimate of drug-likeness (QED) is 0.174. The van der Waals surface area contributed by atoms with E-state index < -0.39 is 0 Å². The van der Waals surface area contributed by atoms with Gasteiger partial charge in [0.2, 0.25) is 0 Å². The highest BCUT2D eigenvalue weighted by Crippen LogP contribution is 2.49. The second-order valence-electron chi connectivity index (χ2n) is 13.7. The van der Waals surface area contributed by atoms with Gasteiger partial charge in [0.05, 0.1) is 23.0 Å². The van der Waals surface area contributed by atoms with Gasteiger partial charge < -0.3 is 4.74 Å². The van der Waals surface area contributed by atoms with Crippen LogP contribution in [-0.4, -0.2) is 9.97 Å². The van der Waals surface area contributed by atoms with Crippen LogP contribution in [0.2, 0.25) is 0 Å². The van der Waals surface area contributed by atoms with Gasteiger partial charge in [0.1, 0.15) is 11.5 Å². The van der Waals surface area contributed by atoms with Crippen molar-refractivity contribution in [3.8, 4) is 73.5 Å². The summed E-state index contributed by atoms with van der Waals surface area (Å²) in [6.45, 7) is 0. The van der Waals surface area contributed by atoms with E-state index in [1.54, 1.807) is 0 Å². The van der Waals surface area contributed by atoms with Gasteiger partial charge in [-0.25, -0.2) is 0 Å². The van der Waals surface area contributed by atoms with Crippen molar-refractivity contribution in [1.29, 1.82) is 5.26 Å². The lowest BCUT2D eigenvalue weighted by Crippen LogP contribution is -1.98. The third kappa shape index (κ3) is 4.62. The van der Waals surface area contributed by atoms with Gasteiger partial charge in [-0.15, -0.1) is 0 Å². The van der Waals surface area contributed by atoms with Gasteiger partial charge >= 0.3 is 0 Å². The molecule has 11 rings (SSSR count). The number of nitrogens with zero attached hydrogens (tertiary/aromatic N) is 3. The zero-order valence-corrected chi connectivity index (χ0v) is 28.3. The molecule has 0 atom stereocenters. The first-order valence-corrected chi connectivity index (χ1v) is 17.7. The summed E-state index contributed by atoms with van der Waals surface area (Å²) in [5.74, 6) is 1.61. The molecule has 53 heavy (non-hydrogen) atoms. The lowest BCUT2D eigenvalue weighted by Gasteiger charge is -2.22. The molecule has 1 aliphatic rings. The van der Waals surface area contributed by atoms with E-state index in [-0.39, 0.29) is 0 Å². The zero-order valence-electron chi connectivity index (χ0n) is 28.3. The molecule has 10 aromatic rings. The summed E-state index contributed by atoms with van der Waals surface area (Å²) in [4.78, 5) is 9.34. The number of hydrogen-bond donors (Lipinski definition) is 0. The average molecular weight is 674 g/mol. The van der Waals surface area contributed by atoms with Crippen LogP contribution in [0.3, 0.4) is 0 Å². The van der Waals surface area contributed by atoms with Crippen LogP contribution in [0.4, 0.5) is 0 Å². The fourth-order valence-corrected chi connectivity index (χ4v) is 8.24. The van der Waals surface area contributed by atoms with Crippen molar-refractivity contribution in [3.05, 3.63) is 170 Å². The van der Waals surface area contributed by atoms with Crippen molar-refractivity contribution in [3.63, 3.8) is 0 Å². The Hall–Kier alpha value is -7.35. The smallest absolute Gasteiger partial charge is 0.135 e. The van der Waals surface area contributed by atoms with Gasteiger partial charge in [-0.1, -0.05) is 60.7 Å². The van der Waals surface area contributed by atoms with Crippen molar-refractivity contribution < 1.29 is 4.74 Å². The molecule has 3 heterocycles. The Labute approximate surface area is 305 Å². The molecule has 0 N–H and O–H groups in total. The summed E-state index contributed by atoms with van der Waals surface area (Å²) in [6, 6.07) is 55.6. The molecule has 0 bridgehead atoms. The van der Waals surface area contributed by atoms with Gasteiger partial charge in [0.15, 0.2) is 0 Å². The van der Waals surface area contributed by atoms with E-state index >= 15 is 0 Å². The Balaban J connectivity index is 1.02. The van der Waals surface area contributed by atoms with Crippen LogP contribution in [0.1, 0.15) is 5.56 Å². The molecule has 0 saturated carbocycles. The molecule has 8 aromatic carbocycles. The topological polar surface area (TPSA) is 58.8 Å². The highest BCUT2D eigenvalue weighted by Gasteiger charge is 2.22. The molecule has 0 unspecified atom stereocenters. The average Bonchev–Trinajstić information content (AvgIpc) is 3.23. The molecule has 1 aliphatic heterocycles. The fraction of sp³-hybridized carbons (Fsp3) is 0. The normalized spacial score (nSPS) is 11.9. The molecule has 2 aromatic heterocycles. The first kappa shape index (κ1) is 29.4. The summed E-state index contributed by atoms with van der Waals surface area (Å²) in [6.07, 6.45) is 3.68. The third-order valence-electron chi connectivity index (χ3n) is 10.7. The van der Waals surface area contributed by atoms with E-state index in [9.17, 15) is 5.26 Å². The highest BCUT2D eigenvalue weighted by molar-refractivity contribution is 6.24. The van der Waals surface area contributed by atoms with Crippen LogP contribution in [0.15, 0.2) is 164 Å². The van der Waals surface area contributed by atoms with Crippen molar-refractivity contribution in [2.75, 3.05) is 0 Å². The number of ether oxygens (including phenoxy) is 1. The number of rotatable bonds is 4. The van der Waals surface area contributed by atoms with E-state index in [2.05, 4.69) is 113 Å². The third-order valence-corrected chi connectivity index (χ3v) is 10.7. The molecule has 0 spiro atoms. The molecule has 4 nitrogen and oxygen atoms in total. The van der Waals surface area contributed by atoms with E-state index in [4.69, 9.17) is 4.74 Å². The lowest BCUT2D eigenvalue weighted by molar-refractivity contribution is 0.487. The van der Waals surface area contributed by atoms with Crippen LogP contribution < -0.4 is 4.74 Å². The molecule has 0 amide bonds. The van der Waals surface area contributed by atoms with Crippen molar-refractivity contribution in [2.24, 2.45) is 0 Å². The molecule has 0 radical (unpaired) electrons. The minimum absolute atomic E-state index is 0.656. The molecular formula is C49H27N3O. The predicted octanol–water partition coefficient (Wildman–Crippen LogP) is 12.8. The zero-order chi connectivity index (χ0) is 35.0. The summed E-state index contributed by atoms with van der Waals surface area (Å²) < 4.78 is 6.50. The van der Waals surface area contributed by atoms with Crippen LogP contribution in [0.5, 0.6) is 11.5 Å². The van der Waals surface area contributed by atoms with E-state index in [1.807, 2.05) is 67.0 Å². The Morgan fingerprint density at radius 3 is 1.57 bits per heavy atom. The number of fused-ring (bicyclic) bond motifs is 2. The molecular weight excluding hydrogens is 647 g/mol. The van der Waals surface area contributed by atoms with Gasteiger partial charge in [-0.2, -0.15) is 5.26 Å². The number of benzene rings is 8. The molecule has 0 saturated heterocycles. The van der Waals surface area contributed by atoms with Gasteiger partial charge in [-0.05, 0) is 151 Å². The standard InChI is InChI=1S/C49H27N3O/c50-28-34-15-17-42-41-16-14-29(27-46(41)53-45-9-5-6-40(34)49(42)45)35-20-30-10-12-32-22-36(23-33-13-11-31(21-35)47(30)48(32)33)37-24-38(43-7-1-3-18-51-43)26-39(25-37)44-8-2-4-19-52-44/h1-27H. The minimum atomic E-state index is 0.656. The van der Waals surface area contributed by atoms with Crippen LogP contribution in [0.25, 0.3) is 99.0 Å². The van der Waals surface area contributed by atoms with Gasteiger partial charge in [-0.3, -0.25) is 9.97 Å². The summed E-state index contributed by atoms with van der Waals surface area (Å²) in [5.41, 5.74) is 11.3. The maximum absolute atomic E-state index is 9.70. The summed E-state index contributed by atoms with van der Waals surface area (Å²) >= 11 is 0. The highest BCUT2D eigenvalue weighted by atomic mass is 16.5. The van der Waals surface area contributed by atoms with Crippen LogP contribution >= 0.6 is 0 Å². The Bertz CT molecular complexity index is 3020. The van der Waals surface area contributed by atoms with Crippen LogP contribution in [-0.2, 0) is 0 Å².